The quantitative estimate of drug-likeness (QED) is 0.229. The largest absolute Gasteiger partial charge is 0.381 e. The van der Waals surface area contributed by atoms with E-state index in [2.05, 4.69) is 29.4 Å². The molecular formula is C19H39IN4O2. The van der Waals surface area contributed by atoms with Gasteiger partial charge in [-0.25, -0.2) is 0 Å². The second kappa shape index (κ2) is 14.9. The van der Waals surface area contributed by atoms with Crippen LogP contribution in [0.3, 0.4) is 0 Å². The van der Waals surface area contributed by atoms with Gasteiger partial charge in [0.2, 0.25) is 0 Å². The molecule has 0 amide bonds. The molecule has 0 atom stereocenters. The zero-order valence-electron chi connectivity index (χ0n) is 16.7. The van der Waals surface area contributed by atoms with Gasteiger partial charge >= 0.3 is 0 Å². The van der Waals surface area contributed by atoms with Crippen LogP contribution in [0.5, 0.6) is 0 Å². The molecule has 2 N–H and O–H groups in total. The Labute approximate surface area is 176 Å². The first-order valence-corrected chi connectivity index (χ1v) is 10.3. The Balaban J connectivity index is 0.00000338. The maximum atomic E-state index is 5.91. The van der Waals surface area contributed by atoms with Crippen LogP contribution in [0, 0.1) is 0 Å². The van der Waals surface area contributed by atoms with Gasteiger partial charge in [-0.1, -0.05) is 6.92 Å². The number of ether oxygens (including phenoxy) is 2. The highest BCUT2D eigenvalue weighted by atomic mass is 127. The standard InChI is InChI=1S/C19H38N4O2.HI/c1-3-11-23-12-6-17(7-13-23)22-19(20-4-2)21-10-5-14-25-18-8-15-24-16-9-18;/h17-18H,3-16H2,1-2H3,(H2,20,21,22);1H. The average molecular weight is 482 g/mol. The number of aliphatic imine (C=N–C) groups is 1. The summed E-state index contributed by atoms with van der Waals surface area (Å²) < 4.78 is 11.3. The van der Waals surface area contributed by atoms with E-state index < -0.39 is 0 Å². The van der Waals surface area contributed by atoms with E-state index >= 15 is 0 Å². The molecule has 0 radical (unpaired) electrons. The molecule has 26 heavy (non-hydrogen) atoms. The summed E-state index contributed by atoms with van der Waals surface area (Å²) in [6.07, 6.45) is 7.08. The number of halogens is 1. The Morgan fingerprint density at radius 3 is 2.54 bits per heavy atom. The van der Waals surface area contributed by atoms with Crippen LogP contribution in [0.25, 0.3) is 0 Å². The van der Waals surface area contributed by atoms with Crippen LogP contribution >= 0.6 is 24.0 Å². The first-order chi connectivity index (χ1) is 12.3. The molecule has 2 fully saturated rings. The summed E-state index contributed by atoms with van der Waals surface area (Å²) in [7, 11) is 0. The second-order valence-electron chi connectivity index (χ2n) is 7.06. The molecule has 0 aromatic heterocycles. The van der Waals surface area contributed by atoms with Crippen molar-refractivity contribution < 1.29 is 9.47 Å². The van der Waals surface area contributed by atoms with Crippen LogP contribution in [-0.4, -0.2) is 75.5 Å². The summed E-state index contributed by atoms with van der Waals surface area (Å²) in [4.78, 5) is 7.29. The Kier molecular flexibility index (Phi) is 13.7. The van der Waals surface area contributed by atoms with Gasteiger partial charge in [0, 0.05) is 52.0 Å². The van der Waals surface area contributed by atoms with E-state index in [-0.39, 0.29) is 24.0 Å². The van der Waals surface area contributed by atoms with Gasteiger partial charge < -0.3 is 25.0 Å². The summed E-state index contributed by atoms with van der Waals surface area (Å²) >= 11 is 0. The second-order valence-corrected chi connectivity index (χ2v) is 7.06. The Bertz CT molecular complexity index is 371. The monoisotopic (exact) mass is 482 g/mol. The van der Waals surface area contributed by atoms with Crippen LogP contribution in [0.15, 0.2) is 4.99 Å². The first kappa shape index (κ1) is 23.9. The molecule has 0 bridgehead atoms. The smallest absolute Gasteiger partial charge is 0.191 e. The molecule has 154 valence electrons. The lowest BCUT2D eigenvalue weighted by molar-refractivity contribution is -0.0318. The van der Waals surface area contributed by atoms with E-state index in [0.29, 0.717) is 12.1 Å². The predicted octanol–water partition coefficient (Wildman–Crippen LogP) is 2.62. The van der Waals surface area contributed by atoms with Gasteiger partial charge in [-0.15, -0.1) is 24.0 Å². The number of hydrogen-bond donors (Lipinski definition) is 2. The fraction of sp³-hybridized carbons (Fsp3) is 0.947. The Hall–Kier alpha value is -0.120. The molecule has 0 aromatic rings. The fourth-order valence-corrected chi connectivity index (χ4v) is 3.48. The highest BCUT2D eigenvalue weighted by molar-refractivity contribution is 14.0. The van der Waals surface area contributed by atoms with E-state index in [1.165, 1.54) is 38.9 Å². The topological polar surface area (TPSA) is 58.1 Å². The third-order valence-electron chi connectivity index (χ3n) is 4.91. The van der Waals surface area contributed by atoms with Gasteiger partial charge in [-0.2, -0.15) is 0 Å². The van der Waals surface area contributed by atoms with Crippen LogP contribution in [0.4, 0.5) is 0 Å². The molecule has 2 rings (SSSR count). The van der Waals surface area contributed by atoms with Crippen LogP contribution < -0.4 is 10.6 Å². The average Bonchev–Trinajstić information content (AvgIpc) is 2.64. The van der Waals surface area contributed by atoms with Crippen molar-refractivity contribution in [2.24, 2.45) is 4.99 Å². The third kappa shape index (κ3) is 9.71. The van der Waals surface area contributed by atoms with Crippen LogP contribution in [-0.2, 0) is 9.47 Å². The highest BCUT2D eigenvalue weighted by Crippen LogP contribution is 2.11. The van der Waals surface area contributed by atoms with Crippen molar-refractivity contribution >= 4 is 29.9 Å². The lowest BCUT2D eigenvalue weighted by Gasteiger charge is -2.32. The molecule has 2 saturated heterocycles. The lowest BCUT2D eigenvalue weighted by Crippen LogP contribution is -2.48. The number of nitrogens with one attached hydrogen (secondary N) is 2. The molecule has 0 unspecified atom stereocenters. The van der Waals surface area contributed by atoms with Crippen molar-refractivity contribution in [2.45, 2.75) is 64.5 Å². The number of rotatable bonds is 9. The molecule has 6 nitrogen and oxygen atoms in total. The van der Waals surface area contributed by atoms with Crippen LogP contribution in [0.1, 0.15) is 52.4 Å². The first-order valence-electron chi connectivity index (χ1n) is 10.3. The summed E-state index contributed by atoms with van der Waals surface area (Å²) in [5, 5.41) is 6.99. The van der Waals surface area contributed by atoms with Crippen molar-refractivity contribution in [3.63, 3.8) is 0 Å². The zero-order chi connectivity index (χ0) is 17.7. The minimum atomic E-state index is 0. The maximum Gasteiger partial charge on any atom is 0.191 e. The van der Waals surface area contributed by atoms with Gasteiger partial charge in [0.15, 0.2) is 5.96 Å². The number of likely N-dealkylation sites (tertiary alicyclic amines) is 1. The molecule has 7 heteroatoms. The zero-order valence-corrected chi connectivity index (χ0v) is 19.0. The third-order valence-corrected chi connectivity index (χ3v) is 4.91. The Morgan fingerprint density at radius 2 is 1.88 bits per heavy atom. The molecule has 0 aromatic carbocycles. The van der Waals surface area contributed by atoms with E-state index in [1.807, 2.05) is 0 Å². The predicted molar refractivity (Wildman–Crippen MR) is 119 cm³/mol. The summed E-state index contributed by atoms with van der Waals surface area (Å²) in [6, 6.07) is 0.546. The van der Waals surface area contributed by atoms with E-state index in [0.717, 1.165) is 58.1 Å². The van der Waals surface area contributed by atoms with Crippen molar-refractivity contribution in [1.29, 1.82) is 0 Å². The van der Waals surface area contributed by atoms with Gasteiger partial charge in [-0.3, -0.25) is 4.99 Å². The highest BCUT2D eigenvalue weighted by Gasteiger charge is 2.19. The minimum absolute atomic E-state index is 0. The van der Waals surface area contributed by atoms with E-state index in [9.17, 15) is 0 Å². The molecule has 0 aliphatic carbocycles. The van der Waals surface area contributed by atoms with E-state index in [4.69, 9.17) is 14.5 Å². The van der Waals surface area contributed by atoms with Crippen molar-refractivity contribution in [1.82, 2.24) is 15.5 Å². The SMILES string of the molecule is CCCN1CCC(NC(=NCCCOC2CCOCC2)NCC)CC1.I. The van der Waals surface area contributed by atoms with Gasteiger partial charge in [0.1, 0.15) is 0 Å². The molecular weight excluding hydrogens is 443 g/mol. The lowest BCUT2D eigenvalue weighted by atomic mass is 10.1. The van der Waals surface area contributed by atoms with Gasteiger partial charge in [0.25, 0.3) is 0 Å². The van der Waals surface area contributed by atoms with Crippen LogP contribution in [0.2, 0.25) is 0 Å². The minimum Gasteiger partial charge on any atom is -0.381 e. The number of guanidine groups is 1. The van der Waals surface area contributed by atoms with Crippen molar-refractivity contribution in [3.8, 4) is 0 Å². The van der Waals surface area contributed by atoms with E-state index in [1.54, 1.807) is 0 Å². The molecule has 2 aliphatic rings. The molecule has 2 heterocycles. The number of piperidine rings is 1. The molecule has 0 spiro atoms. The van der Waals surface area contributed by atoms with Crippen molar-refractivity contribution in [2.75, 3.05) is 52.5 Å². The number of hydrogen-bond acceptors (Lipinski definition) is 4. The molecule has 2 aliphatic heterocycles. The normalized spacial score (nSPS) is 20.6. The summed E-state index contributed by atoms with van der Waals surface area (Å²) in [5.74, 6) is 0.961. The van der Waals surface area contributed by atoms with Gasteiger partial charge in [0.05, 0.1) is 6.10 Å². The van der Waals surface area contributed by atoms with Gasteiger partial charge in [-0.05, 0) is 52.0 Å². The molecule has 0 saturated carbocycles. The number of nitrogens with zero attached hydrogens (tertiary/aromatic N) is 2. The summed E-state index contributed by atoms with van der Waals surface area (Å²) in [6.45, 7) is 12.2. The maximum absolute atomic E-state index is 5.91. The Morgan fingerprint density at radius 1 is 1.15 bits per heavy atom. The summed E-state index contributed by atoms with van der Waals surface area (Å²) in [5.41, 5.74) is 0. The fourth-order valence-electron chi connectivity index (χ4n) is 3.48. The van der Waals surface area contributed by atoms with Crippen molar-refractivity contribution in [3.05, 3.63) is 0 Å².